The number of aliphatic hydroxyl groups excluding tert-OH is 1. The topological polar surface area (TPSA) is 55.5 Å². The quantitative estimate of drug-likeness (QED) is 0.467. The molecule has 1 aliphatic rings. The maximum atomic E-state index is 8.93. The van der Waals surface area contributed by atoms with Gasteiger partial charge in [-0.05, 0) is 6.92 Å². The minimum absolute atomic E-state index is 0.444. The van der Waals surface area contributed by atoms with Crippen molar-refractivity contribution in [1.82, 2.24) is 0 Å². The van der Waals surface area contributed by atoms with Crippen LogP contribution < -0.4 is 5.73 Å². The Hall–Kier alpha value is -0.120. The Bertz CT molecular complexity index is 88.4. The summed E-state index contributed by atoms with van der Waals surface area (Å²) in [7, 11) is 0. The Morgan fingerprint density at radius 3 is 2.25 bits per heavy atom. The molecule has 1 fully saturated rings. The van der Waals surface area contributed by atoms with E-state index in [-0.39, 0.29) is 0 Å². The summed E-state index contributed by atoms with van der Waals surface area (Å²) < 4.78 is 4.81. The molecule has 1 aliphatic heterocycles. The van der Waals surface area contributed by atoms with Crippen LogP contribution in [-0.2, 0) is 4.74 Å². The SMILES string of the molecule is CC(O)C1(N)COC1. The lowest BCUT2D eigenvalue weighted by Gasteiger charge is -2.39. The van der Waals surface area contributed by atoms with Crippen molar-refractivity contribution in [2.45, 2.75) is 18.6 Å². The summed E-state index contributed by atoms with van der Waals surface area (Å²) in [6, 6.07) is 0. The van der Waals surface area contributed by atoms with E-state index in [9.17, 15) is 0 Å². The van der Waals surface area contributed by atoms with Gasteiger partial charge in [-0.25, -0.2) is 0 Å². The molecule has 3 N–H and O–H groups in total. The van der Waals surface area contributed by atoms with Gasteiger partial charge in [0.25, 0.3) is 0 Å². The summed E-state index contributed by atoms with van der Waals surface area (Å²) >= 11 is 0. The average Bonchev–Trinajstić information content (AvgIpc) is 1.60. The molecule has 3 nitrogen and oxygen atoms in total. The molecule has 1 rings (SSSR count). The molecule has 3 heteroatoms. The van der Waals surface area contributed by atoms with Crippen molar-refractivity contribution < 1.29 is 9.84 Å². The van der Waals surface area contributed by atoms with Gasteiger partial charge < -0.3 is 15.6 Å². The molecular weight excluding hydrogens is 106 g/mol. The number of nitrogens with two attached hydrogens (primary N) is 1. The summed E-state index contributed by atoms with van der Waals surface area (Å²) in [5.41, 5.74) is 5.13. The van der Waals surface area contributed by atoms with Crippen LogP contribution >= 0.6 is 0 Å². The van der Waals surface area contributed by atoms with Gasteiger partial charge in [0.15, 0.2) is 0 Å². The van der Waals surface area contributed by atoms with E-state index in [4.69, 9.17) is 15.6 Å². The molecule has 0 amide bonds. The second-order valence-electron chi connectivity index (χ2n) is 2.40. The molecule has 48 valence electrons. The molecule has 0 bridgehead atoms. The van der Waals surface area contributed by atoms with Crippen molar-refractivity contribution in [3.63, 3.8) is 0 Å². The second-order valence-corrected chi connectivity index (χ2v) is 2.40. The smallest absolute Gasteiger partial charge is 0.0888 e. The van der Waals surface area contributed by atoms with Gasteiger partial charge in [0, 0.05) is 0 Å². The Morgan fingerprint density at radius 2 is 2.25 bits per heavy atom. The van der Waals surface area contributed by atoms with E-state index in [1.165, 1.54) is 0 Å². The first-order valence-corrected chi connectivity index (χ1v) is 2.70. The highest BCUT2D eigenvalue weighted by Crippen LogP contribution is 2.16. The van der Waals surface area contributed by atoms with E-state index in [0.717, 1.165) is 0 Å². The first kappa shape index (κ1) is 6.01. The van der Waals surface area contributed by atoms with E-state index in [1.54, 1.807) is 6.92 Å². The zero-order valence-electron chi connectivity index (χ0n) is 4.92. The number of aliphatic hydroxyl groups is 1. The maximum Gasteiger partial charge on any atom is 0.0888 e. The van der Waals surface area contributed by atoms with Crippen LogP contribution in [0.25, 0.3) is 0 Å². The molecule has 1 heterocycles. The first-order chi connectivity index (χ1) is 3.65. The monoisotopic (exact) mass is 117 g/mol. The standard InChI is InChI=1S/C5H11NO2/c1-4(7)5(6)2-8-3-5/h4,7H,2-3,6H2,1H3. The third kappa shape index (κ3) is 0.727. The van der Waals surface area contributed by atoms with Gasteiger partial charge in [-0.15, -0.1) is 0 Å². The van der Waals surface area contributed by atoms with Gasteiger partial charge in [-0.1, -0.05) is 0 Å². The molecule has 8 heavy (non-hydrogen) atoms. The van der Waals surface area contributed by atoms with Gasteiger partial charge in [0.05, 0.1) is 24.9 Å². The molecule has 1 unspecified atom stereocenters. The van der Waals surface area contributed by atoms with Gasteiger partial charge in [0.1, 0.15) is 0 Å². The Kier molecular flexibility index (Phi) is 1.27. The molecule has 0 aromatic rings. The third-order valence-corrected chi connectivity index (χ3v) is 1.57. The largest absolute Gasteiger partial charge is 0.391 e. The molecule has 0 aromatic carbocycles. The van der Waals surface area contributed by atoms with E-state index in [0.29, 0.717) is 13.2 Å². The molecule has 0 spiro atoms. The van der Waals surface area contributed by atoms with Crippen LogP contribution in [0.3, 0.4) is 0 Å². The summed E-state index contributed by atoms with van der Waals surface area (Å²) in [5, 5.41) is 8.93. The van der Waals surface area contributed by atoms with Crippen LogP contribution in [0.4, 0.5) is 0 Å². The Morgan fingerprint density at radius 1 is 1.75 bits per heavy atom. The van der Waals surface area contributed by atoms with Gasteiger partial charge >= 0.3 is 0 Å². The highest BCUT2D eigenvalue weighted by molar-refractivity contribution is 4.95. The fourth-order valence-electron chi connectivity index (χ4n) is 0.579. The molecule has 0 aromatic heterocycles. The number of hydrogen-bond acceptors (Lipinski definition) is 3. The highest BCUT2D eigenvalue weighted by atomic mass is 16.5. The fourth-order valence-corrected chi connectivity index (χ4v) is 0.579. The Balaban J connectivity index is 2.41. The van der Waals surface area contributed by atoms with E-state index in [2.05, 4.69) is 0 Å². The summed E-state index contributed by atoms with van der Waals surface area (Å²) in [5.74, 6) is 0. The van der Waals surface area contributed by atoms with Crippen LogP contribution in [0.2, 0.25) is 0 Å². The second kappa shape index (κ2) is 1.69. The van der Waals surface area contributed by atoms with Crippen LogP contribution in [0.5, 0.6) is 0 Å². The molecule has 1 atom stereocenters. The zero-order valence-corrected chi connectivity index (χ0v) is 4.92. The number of ether oxygens (including phenoxy) is 1. The highest BCUT2D eigenvalue weighted by Gasteiger charge is 2.38. The van der Waals surface area contributed by atoms with Gasteiger partial charge in [-0.2, -0.15) is 0 Å². The van der Waals surface area contributed by atoms with Gasteiger partial charge in [-0.3, -0.25) is 0 Å². The van der Waals surface area contributed by atoms with Crippen molar-refractivity contribution in [2.75, 3.05) is 13.2 Å². The van der Waals surface area contributed by atoms with Crippen LogP contribution in [0.15, 0.2) is 0 Å². The number of hydrogen-bond donors (Lipinski definition) is 2. The molecule has 0 aliphatic carbocycles. The summed E-state index contributed by atoms with van der Waals surface area (Å²) in [4.78, 5) is 0. The van der Waals surface area contributed by atoms with E-state index < -0.39 is 11.6 Å². The minimum Gasteiger partial charge on any atom is -0.391 e. The van der Waals surface area contributed by atoms with Crippen molar-refractivity contribution >= 4 is 0 Å². The average molecular weight is 117 g/mol. The van der Waals surface area contributed by atoms with E-state index >= 15 is 0 Å². The minimum atomic E-state index is -0.448. The predicted octanol–water partition coefficient (Wildman–Crippen LogP) is -0.905. The predicted molar refractivity (Wildman–Crippen MR) is 29.4 cm³/mol. The van der Waals surface area contributed by atoms with Crippen LogP contribution in [0.1, 0.15) is 6.92 Å². The van der Waals surface area contributed by atoms with E-state index in [1.807, 2.05) is 0 Å². The molecular formula is C5H11NO2. The fraction of sp³-hybridized carbons (Fsp3) is 1.00. The zero-order chi connectivity index (χ0) is 6.20. The van der Waals surface area contributed by atoms with Crippen molar-refractivity contribution in [3.05, 3.63) is 0 Å². The molecule has 0 radical (unpaired) electrons. The Labute approximate surface area is 48.4 Å². The molecule has 0 saturated carbocycles. The van der Waals surface area contributed by atoms with Gasteiger partial charge in [0.2, 0.25) is 0 Å². The number of rotatable bonds is 1. The third-order valence-electron chi connectivity index (χ3n) is 1.57. The lowest BCUT2D eigenvalue weighted by molar-refractivity contribution is -0.106. The van der Waals surface area contributed by atoms with Crippen LogP contribution in [0, 0.1) is 0 Å². The summed E-state index contributed by atoms with van der Waals surface area (Å²) in [6.07, 6.45) is -0.448. The normalized spacial score (nSPS) is 28.9. The summed E-state index contributed by atoms with van der Waals surface area (Å²) in [6.45, 7) is 2.66. The first-order valence-electron chi connectivity index (χ1n) is 2.70. The maximum absolute atomic E-state index is 8.93. The lowest BCUT2D eigenvalue weighted by atomic mass is 9.93. The van der Waals surface area contributed by atoms with Crippen LogP contribution in [-0.4, -0.2) is 30.0 Å². The lowest BCUT2D eigenvalue weighted by Crippen LogP contribution is -2.64. The molecule has 1 saturated heterocycles. The van der Waals surface area contributed by atoms with Crippen molar-refractivity contribution in [2.24, 2.45) is 5.73 Å². The van der Waals surface area contributed by atoms with Crippen molar-refractivity contribution in [1.29, 1.82) is 0 Å². The van der Waals surface area contributed by atoms with Crippen molar-refractivity contribution in [3.8, 4) is 0 Å².